The summed E-state index contributed by atoms with van der Waals surface area (Å²) < 4.78 is 0. The van der Waals surface area contributed by atoms with Crippen LogP contribution >= 0.6 is 0 Å². The zero-order chi connectivity index (χ0) is 14.5. The highest BCUT2D eigenvalue weighted by molar-refractivity contribution is 5.76. The first-order chi connectivity index (χ1) is 9.61. The molecule has 2 nitrogen and oxygen atoms in total. The highest BCUT2D eigenvalue weighted by atomic mass is 16.1. The second-order valence-corrected chi connectivity index (χ2v) is 5.11. The molecule has 1 N–H and O–H groups in total. The Morgan fingerprint density at radius 1 is 1.00 bits per heavy atom. The Morgan fingerprint density at radius 3 is 2.30 bits per heavy atom. The molecule has 1 amide bonds. The van der Waals surface area contributed by atoms with Crippen LogP contribution in [0, 0.1) is 13.8 Å². The molecule has 0 aliphatic heterocycles. The monoisotopic (exact) mass is 267 g/mol. The molecule has 2 rings (SSSR count). The van der Waals surface area contributed by atoms with Crippen molar-refractivity contribution >= 4 is 5.91 Å². The summed E-state index contributed by atoms with van der Waals surface area (Å²) in [6.45, 7) is 6.07. The lowest BCUT2D eigenvalue weighted by Crippen LogP contribution is -2.28. The van der Waals surface area contributed by atoms with Crippen molar-refractivity contribution in [2.45, 2.75) is 33.2 Å². The molecule has 2 heteroatoms. The van der Waals surface area contributed by atoms with E-state index in [1.165, 1.54) is 11.1 Å². The Hall–Kier alpha value is -2.09. The van der Waals surface area contributed by atoms with E-state index in [0.717, 1.165) is 11.1 Å². The summed E-state index contributed by atoms with van der Waals surface area (Å²) in [6.07, 6.45) is 0.494. The Kier molecular flexibility index (Phi) is 4.57. The number of benzene rings is 2. The zero-order valence-corrected chi connectivity index (χ0v) is 12.3. The highest BCUT2D eigenvalue weighted by Crippen LogP contribution is 2.24. The van der Waals surface area contributed by atoms with Crippen molar-refractivity contribution in [3.63, 3.8) is 0 Å². The quantitative estimate of drug-likeness (QED) is 0.893. The summed E-state index contributed by atoms with van der Waals surface area (Å²) in [5.41, 5.74) is 4.75. The third kappa shape index (κ3) is 3.27. The van der Waals surface area contributed by atoms with Crippen molar-refractivity contribution < 1.29 is 4.79 Å². The van der Waals surface area contributed by atoms with Crippen LogP contribution in [-0.4, -0.2) is 5.91 Å². The largest absolute Gasteiger partial charge is 0.345 e. The van der Waals surface area contributed by atoms with Crippen LogP contribution in [0.3, 0.4) is 0 Å². The van der Waals surface area contributed by atoms with Crippen LogP contribution in [-0.2, 0) is 4.79 Å². The van der Waals surface area contributed by atoms with Gasteiger partial charge in [-0.2, -0.15) is 0 Å². The fourth-order valence-electron chi connectivity index (χ4n) is 2.21. The van der Waals surface area contributed by atoms with Crippen LogP contribution in [0.15, 0.2) is 48.5 Å². The van der Waals surface area contributed by atoms with Gasteiger partial charge in [-0.1, -0.05) is 55.5 Å². The molecule has 0 fully saturated rings. The van der Waals surface area contributed by atoms with Crippen molar-refractivity contribution in [1.82, 2.24) is 5.32 Å². The normalized spacial score (nSPS) is 11.9. The fourth-order valence-corrected chi connectivity index (χ4v) is 2.21. The SMILES string of the molecule is CCC(=O)N[C@@H](c1ccccc1)c1ccc(C)c(C)c1. The number of hydrogen-bond donors (Lipinski definition) is 1. The molecule has 2 aromatic carbocycles. The van der Waals surface area contributed by atoms with Crippen LogP contribution < -0.4 is 5.32 Å². The van der Waals surface area contributed by atoms with E-state index in [0.29, 0.717) is 6.42 Å². The summed E-state index contributed by atoms with van der Waals surface area (Å²) in [5, 5.41) is 3.11. The second kappa shape index (κ2) is 6.38. The fraction of sp³-hybridized carbons (Fsp3) is 0.278. The summed E-state index contributed by atoms with van der Waals surface area (Å²) in [4.78, 5) is 11.8. The van der Waals surface area contributed by atoms with E-state index in [1.54, 1.807) is 0 Å². The molecule has 0 aromatic heterocycles. The average molecular weight is 267 g/mol. The van der Waals surface area contributed by atoms with Crippen LogP contribution in [0.1, 0.15) is 41.6 Å². The number of hydrogen-bond acceptors (Lipinski definition) is 1. The molecule has 0 bridgehead atoms. The lowest BCUT2D eigenvalue weighted by Gasteiger charge is -2.20. The van der Waals surface area contributed by atoms with E-state index < -0.39 is 0 Å². The van der Waals surface area contributed by atoms with E-state index in [1.807, 2.05) is 25.1 Å². The Balaban J connectivity index is 2.40. The van der Waals surface area contributed by atoms with Gasteiger partial charge in [-0.25, -0.2) is 0 Å². The predicted octanol–water partition coefficient (Wildman–Crippen LogP) is 3.92. The minimum Gasteiger partial charge on any atom is -0.345 e. The number of nitrogens with one attached hydrogen (secondary N) is 1. The van der Waals surface area contributed by atoms with Gasteiger partial charge in [0.15, 0.2) is 0 Å². The van der Waals surface area contributed by atoms with Crippen LogP contribution in [0.2, 0.25) is 0 Å². The van der Waals surface area contributed by atoms with Gasteiger partial charge in [0.2, 0.25) is 5.91 Å². The molecule has 0 unspecified atom stereocenters. The topological polar surface area (TPSA) is 29.1 Å². The van der Waals surface area contributed by atoms with Gasteiger partial charge in [0.05, 0.1) is 6.04 Å². The standard InChI is InChI=1S/C18H21NO/c1-4-17(20)19-18(15-8-6-5-7-9-15)16-11-10-13(2)14(3)12-16/h5-12,18H,4H2,1-3H3,(H,19,20)/t18-/m0/s1. The molecule has 0 saturated carbocycles. The van der Waals surface area contributed by atoms with Gasteiger partial charge in [0, 0.05) is 6.42 Å². The average Bonchev–Trinajstić information content (AvgIpc) is 2.48. The van der Waals surface area contributed by atoms with E-state index in [-0.39, 0.29) is 11.9 Å². The minimum absolute atomic E-state index is 0.0667. The molecule has 20 heavy (non-hydrogen) atoms. The molecule has 0 saturated heterocycles. The molecule has 0 spiro atoms. The molecule has 1 atom stereocenters. The maximum absolute atomic E-state index is 11.8. The molecule has 0 radical (unpaired) electrons. The number of aryl methyl sites for hydroxylation is 2. The van der Waals surface area contributed by atoms with E-state index in [9.17, 15) is 4.79 Å². The van der Waals surface area contributed by atoms with Gasteiger partial charge in [0.25, 0.3) is 0 Å². The first-order valence-electron chi connectivity index (χ1n) is 7.03. The summed E-state index contributed by atoms with van der Waals surface area (Å²) in [6, 6.07) is 16.4. The van der Waals surface area contributed by atoms with Crippen LogP contribution in [0.25, 0.3) is 0 Å². The van der Waals surface area contributed by atoms with E-state index >= 15 is 0 Å². The van der Waals surface area contributed by atoms with Crippen molar-refractivity contribution in [1.29, 1.82) is 0 Å². The second-order valence-electron chi connectivity index (χ2n) is 5.11. The third-order valence-electron chi connectivity index (χ3n) is 3.62. The summed E-state index contributed by atoms with van der Waals surface area (Å²) >= 11 is 0. The van der Waals surface area contributed by atoms with Gasteiger partial charge in [-0.3, -0.25) is 4.79 Å². The van der Waals surface area contributed by atoms with Crippen molar-refractivity contribution in [2.24, 2.45) is 0 Å². The van der Waals surface area contributed by atoms with Gasteiger partial charge in [-0.15, -0.1) is 0 Å². The molecule has 0 aliphatic carbocycles. The first-order valence-corrected chi connectivity index (χ1v) is 7.03. The molecule has 2 aromatic rings. The molecule has 0 aliphatic rings. The van der Waals surface area contributed by atoms with Crippen LogP contribution in [0.4, 0.5) is 0 Å². The third-order valence-corrected chi connectivity index (χ3v) is 3.62. The van der Waals surface area contributed by atoms with Gasteiger partial charge in [-0.05, 0) is 36.1 Å². The number of carbonyl (C=O) groups is 1. The summed E-state index contributed by atoms with van der Waals surface area (Å²) in [7, 11) is 0. The molecular weight excluding hydrogens is 246 g/mol. The minimum atomic E-state index is -0.0806. The van der Waals surface area contributed by atoms with Gasteiger partial charge in [0.1, 0.15) is 0 Å². The number of carbonyl (C=O) groups excluding carboxylic acids is 1. The number of rotatable bonds is 4. The van der Waals surface area contributed by atoms with E-state index in [2.05, 4.69) is 49.5 Å². The maximum Gasteiger partial charge on any atom is 0.220 e. The predicted molar refractivity (Wildman–Crippen MR) is 82.6 cm³/mol. The number of amides is 1. The Bertz CT molecular complexity index is 590. The lowest BCUT2D eigenvalue weighted by atomic mass is 9.95. The van der Waals surface area contributed by atoms with Crippen LogP contribution in [0.5, 0.6) is 0 Å². The van der Waals surface area contributed by atoms with Gasteiger partial charge >= 0.3 is 0 Å². The highest BCUT2D eigenvalue weighted by Gasteiger charge is 2.16. The Labute approximate surface area is 120 Å². The van der Waals surface area contributed by atoms with Crippen molar-refractivity contribution in [2.75, 3.05) is 0 Å². The first kappa shape index (κ1) is 14.3. The van der Waals surface area contributed by atoms with Crippen molar-refractivity contribution in [3.8, 4) is 0 Å². The van der Waals surface area contributed by atoms with Gasteiger partial charge < -0.3 is 5.32 Å². The lowest BCUT2D eigenvalue weighted by molar-refractivity contribution is -0.121. The molecule has 0 heterocycles. The molecule has 104 valence electrons. The summed E-state index contributed by atoms with van der Waals surface area (Å²) in [5.74, 6) is 0.0667. The zero-order valence-electron chi connectivity index (χ0n) is 12.3. The maximum atomic E-state index is 11.8. The van der Waals surface area contributed by atoms with E-state index in [4.69, 9.17) is 0 Å². The van der Waals surface area contributed by atoms with Crippen molar-refractivity contribution in [3.05, 3.63) is 70.8 Å². The smallest absolute Gasteiger partial charge is 0.220 e. The Morgan fingerprint density at radius 2 is 1.70 bits per heavy atom. The molecular formula is C18H21NO.